The third-order valence-electron chi connectivity index (χ3n) is 2.61. The van der Waals surface area contributed by atoms with Gasteiger partial charge < -0.3 is 9.40 Å². The number of hydrogen-bond acceptors (Lipinski definition) is 3. The van der Waals surface area contributed by atoms with E-state index in [0.29, 0.717) is 6.42 Å². The molecule has 5 heteroatoms. The molecule has 0 radical (unpaired) electrons. The molecule has 0 bridgehead atoms. The first-order chi connectivity index (χ1) is 8.16. The molecule has 0 spiro atoms. The van der Waals surface area contributed by atoms with E-state index in [-0.39, 0.29) is 12.4 Å². The minimum atomic E-state index is -0.712. The molecule has 0 aliphatic rings. The normalized spacial score (nSPS) is 10.2. The lowest BCUT2D eigenvalue weighted by Gasteiger charge is -2.01. The average Bonchev–Trinajstić information content (AvgIpc) is 2.30. The molecule has 0 aliphatic carbocycles. The monoisotopic (exact) mass is 264 g/mol. The predicted octanol–water partition coefficient (Wildman–Crippen LogP) is 3.67. The van der Waals surface area contributed by atoms with Crippen LogP contribution in [0.2, 0.25) is 0 Å². The van der Waals surface area contributed by atoms with Gasteiger partial charge in [0.1, 0.15) is 11.9 Å². The van der Waals surface area contributed by atoms with Gasteiger partial charge >= 0.3 is 11.9 Å². The first-order valence-corrected chi connectivity index (χ1v) is 6.51. The van der Waals surface area contributed by atoms with Crippen LogP contribution in [0.15, 0.2) is 0 Å². The molecular formula is C12H21ClO4. The smallest absolute Gasteiger partial charge is 0.324 e. The van der Waals surface area contributed by atoms with E-state index in [1.807, 2.05) is 0 Å². The number of unbranched alkanes of at least 4 members (excludes halogenated alkanes) is 7. The molecule has 0 atom stereocenters. The van der Waals surface area contributed by atoms with Crippen LogP contribution in [0.1, 0.15) is 64.2 Å². The molecule has 100 valence electrons. The third-order valence-corrected chi connectivity index (χ3v) is 2.78. The van der Waals surface area contributed by atoms with E-state index in [2.05, 4.69) is 4.29 Å². The summed E-state index contributed by atoms with van der Waals surface area (Å²) in [5, 5.41) is 8.43. The van der Waals surface area contributed by atoms with Gasteiger partial charge in [0.15, 0.2) is 0 Å². The lowest BCUT2D eigenvalue weighted by molar-refractivity contribution is -0.137. The Hall–Kier alpha value is -0.770. The van der Waals surface area contributed by atoms with Crippen molar-refractivity contribution >= 4 is 23.8 Å². The Balaban J connectivity index is 3.03. The zero-order valence-corrected chi connectivity index (χ0v) is 10.9. The second-order valence-electron chi connectivity index (χ2n) is 4.17. The maximum atomic E-state index is 10.7. The van der Waals surface area contributed by atoms with E-state index in [1.54, 1.807) is 0 Å². The van der Waals surface area contributed by atoms with Crippen molar-refractivity contribution in [1.82, 2.24) is 0 Å². The predicted molar refractivity (Wildman–Crippen MR) is 65.8 cm³/mol. The topological polar surface area (TPSA) is 63.6 Å². The molecule has 0 aromatic heterocycles. The fourth-order valence-electron chi connectivity index (χ4n) is 1.64. The molecule has 0 aromatic carbocycles. The van der Waals surface area contributed by atoms with Crippen molar-refractivity contribution in [2.45, 2.75) is 64.2 Å². The summed E-state index contributed by atoms with van der Waals surface area (Å²) in [6.07, 6.45) is 8.75. The molecule has 0 heterocycles. The van der Waals surface area contributed by atoms with Gasteiger partial charge in [-0.05, 0) is 12.8 Å². The van der Waals surface area contributed by atoms with Crippen molar-refractivity contribution < 1.29 is 19.0 Å². The van der Waals surface area contributed by atoms with Crippen LogP contribution < -0.4 is 0 Å². The van der Waals surface area contributed by atoms with Crippen LogP contribution in [0, 0.1) is 0 Å². The minimum Gasteiger partial charge on any atom is -0.481 e. The number of carboxylic acid groups (broad SMARTS) is 1. The Morgan fingerprint density at radius 2 is 1.24 bits per heavy atom. The van der Waals surface area contributed by atoms with Crippen LogP contribution in [0.4, 0.5) is 0 Å². The Kier molecular flexibility index (Phi) is 11.2. The molecule has 0 aliphatic heterocycles. The van der Waals surface area contributed by atoms with Gasteiger partial charge in [0.2, 0.25) is 0 Å². The zero-order chi connectivity index (χ0) is 12.9. The van der Waals surface area contributed by atoms with E-state index in [4.69, 9.17) is 17.0 Å². The first kappa shape index (κ1) is 16.2. The fraction of sp³-hybridized carbons (Fsp3) is 0.833. The average molecular weight is 265 g/mol. The quantitative estimate of drug-likeness (QED) is 0.578. The van der Waals surface area contributed by atoms with Gasteiger partial charge in [-0.15, -0.1) is 0 Å². The fourth-order valence-corrected chi connectivity index (χ4v) is 1.72. The van der Waals surface area contributed by atoms with Crippen LogP contribution in [0.5, 0.6) is 0 Å². The van der Waals surface area contributed by atoms with E-state index < -0.39 is 5.97 Å². The number of hydrogen-bond donors (Lipinski definition) is 1. The largest absolute Gasteiger partial charge is 0.481 e. The number of halogens is 1. The summed E-state index contributed by atoms with van der Waals surface area (Å²) in [7, 11) is 0. The van der Waals surface area contributed by atoms with Gasteiger partial charge in [-0.3, -0.25) is 9.59 Å². The summed E-state index contributed by atoms with van der Waals surface area (Å²) in [5.74, 6) is -1.07. The number of carbonyl (C=O) groups is 2. The van der Waals surface area contributed by atoms with Gasteiger partial charge in [0, 0.05) is 12.8 Å². The molecule has 0 aromatic rings. The molecule has 0 unspecified atom stereocenters. The summed E-state index contributed by atoms with van der Waals surface area (Å²) in [6.45, 7) is 0. The number of rotatable bonds is 11. The molecule has 17 heavy (non-hydrogen) atoms. The van der Waals surface area contributed by atoms with E-state index in [9.17, 15) is 9.59 Å². The standard InChI is InChI=1S/C12H21ClO4/c13-17-12(16)10-8-6-4-2-1-3-5-7-9-11(14)15/h1-10H2,(H,14,15). The van der Waals surface area contributed by atoms with E-state index in [1.165, 1.54) is 0 Å². The summed E-state index contributed by atoms with van der Waals surface area (Å²) in [4.78, 5) is 20.9. The summed E-state index contributed by atoms with van der Waals surface area (Å²) in [5.41, 5.74) is 0. The van der Waals surface area contributed by atoms with E-state index in [0.717, 1.165) is 51.4 Å². The Morgan fingerprint density at radius 1 is 0.824 bits per heavy atom. The SMILES string of the molecule is O=C(O)CCCCCCCCCCC(=O)OCl. The van der Waals surface area contributed by atoms with Crippen molar-refractivity contribution in [3.8, 4) is 0 Å². The summed E-state index contributed by atoms with van der Waals surface area (Å²) < 4.78 is 4.03. The Morgan fingerprint density at radius 3 is 1.65 bits per heavy atom. The van der Waals surface area contributed by atoms with Gasteiger partial charge in [-0.1, -0.05) is 38.5 Å². The summed E-state index contributed by atoms with van der Waals surface area (Å²) in [6, 6.07) is 0. The van der Waals surface area contributed by atoms with Crippen LogP contribution in [-0.4, -0.2) is 17.0 Å². The second kappa shape index (κ2) is 11.7. The Bertz CT molecular complexity index is 219. The van der Waals surface area contributed by atoms with Crippen molar-refractivity contribution in [1.29, 1.82) is 0 Å². The highest BCUT2D eigenvalue weighted by Gasteiger charge is 2.00. The molecule has 0 saturated heterocycles. The molecule has 1 N–H and O–H groups in total. The van der Waals surface area contributed by atoms with Gasteiger partial charge in [-0.2, -0.15) is 0 Å². The molecule has 0 amide bonds. The minimum absolute atomic E-state index is 0.278. The second-order valence-corrected chi connectivity index (χ2v) is 4.33. The Labute approximate surface area is 107 Å². The molecule has 4 nitrogen and oxygen atoms in total. The van der Waals surface area contributed by atoms with Crippen molar-refractivity contribution in [2.75, 3.05) is 0 Å². The lowest BCUT2D eigenvalue weighted by atomic mass is 10.1. The highest BCUT2D eigenvalue weighted by atomic mass is 35.5. The molecule has 0 fully saturated rings. The van der Waals surface area contributed by atoms with Crippen LogP contribution in [0.25, 0.3) is 0 Å². The summed E-state index contributed by atoms with van der Waals surface area (Å²) >= 11 is 4.89. The lowest BCUT2D eigenvalue weighted by Crippen LogP contribution is -1.95. The molecule has 0 rings (SSSR count). The first-order valence-electron chi connectivity index (χ1n) is 6.20. The highest BCUT2D eigenvalue weighted by Crippen LogP contribution is 2.11. The van der Waals surface area contributed by atoms with Gasteiger partial charge in [0.25, 0.3) is 0 Å². The number of carboxylic acids is 1. The van der Waals surface area contributed by atoms with Crippen molar-refractivity contribution in [3.63, 3.8) is 0 Å². The van der Waals surface area contributed by atoms with Gasteiger partial charge in [-0.25, -0.2) is 0 Å². The number of carbonyl (C=O) groups excluding carboxylic acids is 1. The highest BCUT2D eigenvalue weighted by molar-refractivity contribution is 6.13. The van der Waals surface area contributed by atoms with Crippen molar-refractivity contribution in [3.05, 3.63) is 0 Å². The molecular weight excluding hydrogens is 244 g/mol. The van der Waals surface area contributed by atoms with Crippen molar-refractivity contribution in [2.24, 2.45) is 0 Å². The van der Waals surface area contributed by atoms with E-state index >= 15 is 0 Å². The zero-order valence-electron chi connectivity index (χ0n) is 10.1. The maximum absolute atomic E-state index is 10.7. The third kappa shape index (κ3) is 13.2. The van der Waals surface area contributed by atoms with Crippen LogP contribution >= 0.6 is 11.9 Å². The van der Waals surface area contributed by atoms with Crippen LogP contribution in [-0.2, 0) is 13.9 Å². The van der Waals surface area contributed by atoms with Gasteiger partial charge in [0.05, 0.1) is 0 Å². The maximum Gasteiger partial charge on any atom is 0.324 e. The number of aliphatic carboxylic acids is 1. The molecule has 0 saturated carbocycles. The van der Waals surface area contributed by atoms with Crippen LogP contribution in [0.3, 0.4) is 0 Å².